The zero-order valence-corrected chi connectivity index (χ0v) is 21.8. The lowest BCUT2D eigenvalue weighted by molar-refractivity contribution is -0.160. The molecule has 0 radical (unpaired) electrons. The van der Waals surface area contributed by atoms with Gasteiger partial charge in [0, 0.05) is 17.2 Å². The quantitative estimate of drug-likeness (QED) is 0.212. The summed E-state index contributed by atoms with van der Waals surface area (Å²) in [4.78, 5) is 37.8. The summed E-state index contributed by atoms with van der Waals surface area (Å²) >= 11 is 0. The molecule has 2 atom stereocenters. The molecule has 0 saturated heterocycles. The summed E-state index contributed by atoms with van der Waals surface area (Å²) in [7, 11) is 0. The molecule has 0 spiro atoms. The number of phenols is 1. The molecule has 0 bridgehead atoms. The van der Waals surface area contributed by atoms with Crippen LogP contribution in [0.5, 0.6) is 11.5 Å². The summed E-state index contributed by atoms with van der Waals surface area (Å²) < 4.78 is 11.0. The maximum atomic E-state index is 12.4. The molecule has 1 heterocycles. The molecule has 204 valence electrons. The third-order valence-electron chi connectivity index (χ3n) is 6.89. The minimum Gasteiger partial charge on any atom is -0.507 e. The number of esters is 1. The van der Waals surface area contributed by atoms with E-state index in [1.807, 2.05) is 60.7 Å². The van der Waals surface area contributed by atoms with Crippen molar-refractivity contribution in [2.24, 2.45) is 11.8 Å². The Morgan fingerprint density at radius 1 is 0.750 bits per heavy atom. The van der Waals surface area contributed by atoms with E-state index in [1.165, 1.54) is 6.07 Å². The molecule has 40 heavy (non-hydrogen) atoms. The number of aromatic hydroxyl groups is 1. The highest BCUT2D eigenvalue weighted by Gasteiger charge is 2.36. The van der Waals surface area contributed by atoms with Gasteiger partial charge in [-0.2, -0.15) is 0 Å². The van der Waals surface area contributed by atoms with Crippen molar-refractivity contribution in [1.29, 1.82) is 0 Å². The zero-order chi connectivity index (χ0) is 27.9. The Morgan fingerprint density at radius 3 is 1.90 bits per heavy atom. The number of aromatic nitrogens is 3. The average molecular weight is 540 g/mol. The van der Waals surface area contributed by atoms with Gasteiger partial charge in [0.2, 0.25) is 0 Å². The summed E-state index contributed by atoms with van der Waals surface area (Å²) in [5, 5.41) is 20.2. The number of carboxylic acids is 1. The van der Waals surface area contributed by atoms with E-state index in [0.29, 0.717) is 41.6 Å². The SMILES string of the molecule is O=C(O)C1CCCCC1C(=O)OCCOc1ccc(-c2nc(-c3ccccc3)nc(-c3ccccc3)n2)c(O)c1. The third kappa shape index (κ3) is 6.26. The first-order valence-electron chi connectivity index (χ1n) is 13.2. The summed E-state index contributed by atoms with van der Waals surface area (Å²) in [6.07, 6.45) is 2.61. The van der Waals surface area contributed by atoms with Crippen LogP contribution in [0.4, 0.5) is 0 Å². The van der Waals surface area contributed by atoms with Gasteiger partial charge < -0.3 is 19.7 Å². The van der Waals surface area contributed by atoms with E-state index in [-0.39, 0.29) is 19.0 Å². The molecule has 4 aromatic rings. The third-order valence-corrected chi connectivity index (χ3v) is 6.89. The van der Waals surface area contributed by atoms with Gasteiger partial charge in [0.05, 0.1) is 17.4 Å². The fourth-order valence-corrected chi connectivity index (χ4v) is 4.84. The van der Waals surface area contributed by atoms with Crippen molar-refractivity contribution in [2.45, 2.75) is 25.7 Å². The smallest absolute Gasteiger partial charge is 0.309 e. The summed E-state index contributed by atoms with van der Waals surface area (Å²) in [6, 6.07) is 23.9. The van der Waals surface area contributed by atoms with Crippen LogP contribution in [-0.4, -0.2) is 50.3 Å². The summed E-state index contributed by atoms with van der Waals surface area (Å²) in [5.41, 5.74) is 2.05. The number of ether oxygens (including phenoxy) is 2. The van der Waals surface area contributed by atoms with E-state index >= 15 is 0 Å². The summed E-state index contributed by atoms with van der Waals surface area (Å²) in [5.74, 6) is -1.23. The lowest BCUT2D eigenvalue weighted by Crippen LogP contribution is -2.34. The van der Waals surface area contributed by atoms with Crippen LogP contribution in [0, 0.1) is 11.8 Å². The maximum Gasteiger partial charge on any atom is 0.309 e. The van der Waals surface area contributed by atoms with E-state index in [9.17, 15) is 19.8 Å². The van der Waals surface area contributed by atoms with Gasteiger partial charge in [0.1, 0.15) is 24.7 Å². The molecular weight excluding hydrogens is 510 g/mol. The van der Waals surface area contributed by atoms with Crippen LogP contribution in [0.3, 0.4) is 0 Å². The van der Waals surface area contributed by atoms with Crippen molar-refractivity contribution >= 4 is 11.9 Å². The van der Waals surface area contributed by atoms with Crippen molar-refractivity contribution in [3.63, 3.8) is 0 Å². The molecule has 1 saturated carbocycles. The minimum absolute atomic E-state index is 0.0292. The van der Waals surface area contributed by atoms with Crippen LogP contribution in [0.1, 0.15) is 25.7 Å². The van der Waals surface area contributed by atoms with Crippen LogP contribution >= 0.6 is 0 Å². The van der Waals surface area contributed by atoms with E-state index in [1.54, 1.807) is 12.1 Å². The molecule has 1 aromatic heterocycles. The largest absolute Gasteiger partial charge is 0.507 e. The topological polar surface area (TPSA) is 132 Å². The second-order valence-electron chi connectivity index (χ2n) is 9.57. The van der Waals surface area contributed by atoms with E-state index < -0.39 is 23.8 Å². The molecule has 2 unspecified atom stereocenters. The number of carboxylic acid groups (broad SMARTS) is 1. The number of carbonyl (C=O) groups excluding carboxylic acids is 1. The van der Waals surface area contributed by atoms with Crippen LogP contribution in [0.25, 0.3) is 34.2 Å². The number of phenolic OH excluding ortho intramolecular Hbond substituents is 1. The molecule has 9 nitrogen and oxygen atoms in total. The van der Waals surface area contributed by atoms with Gasteiger partial charge in [0.15, 0.2) is 17.5 Å². The number of benzene rings is 3. The number of carbonyl (C=O) groups is 2. The van der Waals surface area contributed by atoms with Crippen molar-refractivity contribution in [3.05, 3.63) is 78.9 Å². The molecule has 9 heteroatoms. The van der Waals surface area contributed by atoms with Gasteiger partial charge in [-0.05, 0) is 25.0 Å². The molecule has 1 aliphatic carbocycles. The van der Waals surface area contributed by atoms with Crippen LogP contribution in [-0.2, 0) is 14.3 Å². The van der Waals surface area contributed by atoms with Crippen LogP contribution < -0.4 is 4.74 Å². The second-order valence-corrected chi connectivity index (χ2v) is 9.57. The predicted octanol–water partition coefficient (Wildman–Crippen LogP) is 5.39. The highest BCUT2D eigenvalue weighted by Crippen LogP contribution is 2.33. The Morgan fingerprint density at radius 2 is 1.32 bits per heavy atom. The number of aliphatic carboxylic acids is 1. The summed E-state index contributed by atoms with van der Waals surface area (Å²) in [6.45, 7) is 0.0234. The highest BCUT2D eigenvalue weighted by atomic mass is 16.6. The lowest BCUT2D eigenvalue weighted by atomic mass is 9.79. The van der Waals surface area contributed by atoms with Gasteiger partial charge in [0.25, 0.3) is 0 Å². The first-order valence-corrected chi connectivity index (χ1v) is 13.2. The number of rotatable bonds is 9. The average Bonchev–Trinajstić information content (AvgIpc) is 3.00. The molecular formula is C31H29N3O6. The lowest BCUT2D eigenvalue weighted by Gasteiger charge is -2.26. The maximum absolute atomic E-state index is 12.4. The molecule has 0 amide bonds. The van der Waals surface area contributed by atoms with Gasteiger partial charge in [-0.3, -0.25) is 9.59 Å². The molecule has 0 aliphatic heterocycles. The molecule has 1 aliphatic rings. The Balaban J connectivity index is 1.29. The van der Waals surface area contributed by atoms with Crippen LogP contribution in [0.2, 0.25) is 0 Å². The van der Waals surface area contributed by atoms with E-state index in [0.717, 1.165) is 24.0 Å². The first kappa shape index (κ1) is 26.8. The zero-order valence-electron chi connectivity index (χ0n) is 21.8. The van der Waals surface area contributed by atoms with E-state index in [2.05, 4.69) is 15.0 Å². The van der Waals surface area contributed by atoms with Gasteiger partial charge in [-0.15, -0.1) is 0 Å². The Bertz CT molecular complexity index is 1420. The standard InChI is InChI=1S/C31H29N3O6/c35-26-19-22(39-17-18-40-31(38)24-14-8-7-13-23(24)30(36)37)15-16-25(26)29-33-27(20-9-3-1-4-10-20)32-28(34-29)21-11-5-2-6-12-21/h1-6,9-12,15-16,19,23-24,35H,7-8,13-14,17-18H2,(H,36,37). The van der Waals surface area contributed by atoms with Crippen molar-refractivity contribution in [1.82, 2.24) is 15.0 Å². The van der Waals surface area contributed by atoms with E-state index in [4.69, 9.17) is 9.47 Å². The van der Waals surface area contributed by atoms with Crippen molar-refractivity contribution in [2.75, 3.05) is 13.2 Å². The normalized spacial score (nSPS) is 16.7. The number of hydrogen-bond acceptors (Lipinski definition) is 8. The van der Waals surface area contributed by atoms with Crippen LogP contribution in [0.15, 0.2) is 78.9 Å². The van der Waals surface area contributed by atoms with Gasteiger partial charge in [-0.1, -0.05) is 73.5 Å². The molecule has 1 fully saturated rings. The fraction of sp³-hybridized carbons (Fsp3) is 0.258. The fourth-order valence-electron chi connectivity index (χ4n) is 4.84. The molecule has 3 aromatic carbocycles. The first-order chi connectivity index (χ1) is 19.5. The monoisotopic (exact) mass is 539 g/mol. The second kappa shape index (κ2) is 12.4. The van der Waals surface area contributed by atoms with Gasteiger partial charge in [-0.25, -0.2) is 15.0 Å². The number of nitrogens with zero attached hydrogens (tertiary/aromatic N) is 3. The van der Waals surface area contributed by atoms with Crippen molar-refractivity contribution < 1.29 is 29.3 Å². The highest BCUT2D eigenvalue weighted by molar-refractivity contribution is 5.81. The molecule has 5 rings (SSSR count). The molecule has 2 N–H and O–H groups in total. The van der Waals surface area contributed by atoms with Gasteiger partial charge >= 0.3 is 11.9 Å². The predicted molar refractivity (Wildman–Crippen MR) is 147 cm³/mol. The Kier molecular flexibility index (Phi) is 8.29. The minimum atomic E-state index is -0.960. The number of hydrogen-bond donors (Lipinski definition) is 2. The van der Waals surface area contributed by atoms with Crippen molar-refractivity contribution in [3.8, 4) is 45.7 Å². The Hall–Kier alpha value is -4.79. The Labute approximate surface area is 231 Å².